The van der Waals surface area contributed by atoms with Crippen LogP contribution in [0, 0.1) is 12.3 Å². The van der Waals surface area contributed by atoms with Crippen LogP contribution < -0.4 is 15.5 Å². The van der Waals surface area contributed by atoms with Crippen molar-refractivity contribution in [3.05, 3.63) is 53.9 Å². The molecule has 176 valence electrons. The van der Waals surface area contributed by atoms with Gasteiger partial charge in [0, 0.05) is 47.5 Å². The van der Waals surface area contributed by atoms with E-state index < -0.39 is 0 Å². The molecule has 8 heteroatoms. The molecule has 0 fully saturated rings. The maximum absolute atomic E-state index is 12.6. The van der Waals surface area contributed by atoms with Gasteiger partial charge in [0.1, 0.15) is 23.7 Å². The van der Waals surface area contributed by atoms with Gasteiger partial charge < -0.3 is 10.1 Å². The maximum Gasteiger partial charge on any atom is 0.243 e. The molecule has 0 bridgehead atoms. The van der Waals surface area contributed by atoms with E-state index in [-0.39, 0.29) is 24.5 Å². The van der Waals surface area contributed by atoms with Crippen LogP contribution in [0.4, 0.5) is 11.5 Å². The van der Waals surface area contributed by atoms with Gasteiger partial charge in [0.2, 0.25) is 5.91 Å². The lowest BCUT2D eigenvalue weighted by Crippen LogP contribution is -2.17. The van der Waals surface area contributed by atoms with Crippen LogP contribution in [0.5, 0.6) is 5.75 Å². The van der Waals surface area contributed by atoms with Crippen molar-refractivity contribution in [2.75, 3.05) is 12.4 Å². The number of carbonyl (C=O) groups excluding carboxylic acids is 2. The molecule has 0 radical (unpaired) electrons. The number of benzene rings is 2. The van der Waals surface area contributed by atoms with E-state index in [1.807, 2.05) is 36.4 Å². The average Bonchev–Trinajstić information content (AvgIpc) is 2.86. The number of ketones is 1. The van der Waals surface area contributed by atoms with Crippen molar-refractivity contribution in [3.8, 4) is 18.1 Å². The second-order valence-corrected chi connectivity index (χ2v) is 7.92. The van der Waals surface area contributed by atoms with Gasteiger partial charge in [-0.25, -0.2) is 15.4 Å². The van der Waals surface area contributed by atoms with Crippen molar-refractivity contribution in [1.29, 1.82) is 0 Å². The van der Waals surface area contributed by atoms with E-state index in [1.54, 1.807) is 12.6 Å². The summed E-state index contributed by atoms with van der Waals surface area (Å²) in [6, 6.07) is 11.2. The molecule has 2 aromatic carbocycles. The summed E-state index contributed by atoms with van der Waals surface area (Å²) in [7, 11) is 1.57. The number of Topliss-reactive ketones (excluding diaryl/α,β-unsaturated/α-hetero) is 1. The van der Waals surface area contributed by atoms with Crippen LogP contribution in [0.15, 0.2) is 42.7 Å². The van der Waals surface area contributed by atoms with Crippen LogP contribution in [0.2, 0.25) is 0 Å². The zero-order valence-corrected chi connectivity index (χ0v) is 19.1. The summed E-state index contributed by atoms with van der Waals surface area (Å²) < 4.78 is 5.52. The number of terminal acetylenes is 1. The molecule has 8 nitrogen and oxygen atoms in total. The predicted octanol–water partition coefficient (Wildman–Crippen LogP) is 4.32. The predicted molar refractivity (Wildman–Crippen MR) is 130 cm³/mol. The molecule has 0 aliphatic rings. The Hall–Kier alpha value is -3.96. The summed E-state index contributed by atoms with van der Waals surface area (Å²) in [5.41, 5.74) is 4.66. The Kier molecular flexibility index (Phi) is 8.95. The van der Waals surface area contributed by atoms with Gasteiger partial charge in [-0.15, -0.1) is 6.42 Å². The summed E-state index contributed by atoms with van der Waals surface area (Å²) in [5.74, 6) is 3.56. The third-order valence-electron chi connectivity index (χ3n) is 5.45. The monoisotopic (exact) mass is 460 g/mol. The zero-order chi connectivity index (χ0) is 24.3. The van der Waals surface area contributed by atoms with Crippen LogP contribution in [0.25, 0.3) is 10.9 Å². The number of hydroxylamine groups is 1. The Morgan fingerprint density at radius 2 is 1.88 bits per heavy atom. The van der Waals surface area contributed by atoms with E-state index in [0.29, 0.717) is 29.9 Å². The molecule has 34 heavy (non-hydrogen) atoms. The molecule has 0 aliphatic heterocycles. The first-order valence-electron chi connectivity index (χ1n) is 11.1. The third kappa shape index (κ3) is 6.77. The number of rotatable bonds is 12. The van der Waals surface area contributed by atoms with Crippen molar-refractivity contribution in [2.24, 2.45) is 0 Å². The Morgan fingerprint density at radius 1 is 1.09 bits per heavy atom. The highest BCUT2D eigenvalue weighted by molar-refractivity contribution is 5.93. The number of hydrogen-bond donors (Lipinski definition) is 3. The van der Waals surface area contributed by atoms with Gasteiger partial charge in [0.05, 0.1) is 12.6 Å². The fourth-order valence-corrected chi connectivity index (χ4v) is 3.70. The molecular weight excluding hydrogens is 432 g/mol. The Bertz CT molecular complexity index is 1200. The fraction of sp³-hybridized carbons (Fsp3) is 0.308. The summed E-state index contributed by atoms with van der Waals surface area (Å²) in [6.07, 6.45) is 11.0. The van der Waals surface area contributed by atoms with Crippen LogP contribution >= 0.6 is 0 Å². The number of ether oxygens (including phenoxy) is 1. The fourth-order valence-electron chi connectivity index (χ4n) is 3.70. The summed E-state index contributed by atoms with van der Waals surface area (Å²) in [6.45, 7) is 0. The normalized spacial score (nSPS) is 10.5. The second-order valence-electron chi connectivity index (χ2n) is 7.92. The molecule has 1 aromatic heterocycles. The number of methoxy groups -OCH3 is 1. The molecule has 1 amide bonds. The number of nitrogens with one attached hydrogen (secondary N) is 2. The lowest BCUT2D eigenvalue weighted by molar-refractivity contribution is -0.129. The maximum atomic E-state index is 12.6. The van der Waals surface area contributed by atoms with Gasteiger partial charge >= 0.3 is 0 Å². The average molecular weight is 461 g/mol. The number of amides is 1. The highest BCUT2D eigenvalue weighted by Gasteiger charge is 2.14. The minimum atomic E-state index is -0.388. The minimum Gasteiger partial charge on any atom is -0.496 e. The van der Waals surface area contributed by atoms with Crippen molar-refractivity contribution in [1.82, 2.24) is 15.4 Å². The Balaban J connectivity index is 1.69. The topological polar surface area (TPSA) is 113 Å². The lowest BCUT2D eigenvalue weighted by Gasteiger charge is -2.13. The molecule has 0 spiro atoms. The van der Waals surface area contributed by atoms with E-state index >= 15 is 0 Å². The standard InChI is InChI=1S/C26H28N4O4/c1-3-18-9-8-10-20(13-18)29-26-22-15-19(24(34-2)16-23(22)27-17-28-26)14-21(31)11-6-4-5-7-12-25(32)30-33/h1,8-10,13,15-17,33H,4-7,11-12,14H2,2H3,(H,30,32)(H,27,28,29). The van der Waals surface area contributed by atoms with E-state index in [2.05, 4.69) is 21.2 Å². The summed E-state index contributed by atoms with van der Waals surface area (Å²) in [5, 5.41) is 12.6. The van der Waals surface area contributed by atoms with Gasteiger partial charge in [0.15, 0.2) is 0 Å². The SMILES string of the molecule is C#Cc1cccc(Nc2ncnc3cc(OC)c(CC(=O)CCCCCCC(=O)NO)cc23)c1. The second kappa shape index (κ2) is 12.3. The van der Waals surface area contributed by atoms with Gasteiger partial charge in [-0.3, -0.25) is 14.8 Å². The van der Waals surface area contributed by atoms with Crippen LogP contribution in [-0.4, -0.2) is 34.0 Å². The van der Waals surface area contributed by atoms with E-state index in [4.69, 9.17) is 16.4 Å². The summed E-state index contributed by atoms with van der Waals surface area (Å²) >= 11 is 0. The molecule has 3 N–H and O–H groups in total. The molecule has 0 saturated carbocycles. The number of fused-ring (bicyclic) bond motifs is 1. The number of unbranched alkanes of at least 4 members (excludes halogenated alkanes) is 3. The van der Waals surface area contributed by atoms with Crippen molar-refractivity contribution in [3.63, 3.8) is 0 Å². The van der Waals surface area contributed by atoms with Crippen LogP contribution in [0.1, 0.15) is 49.7 Å². The Labute approximate surface area is 198 Å². The lowest BCUT2D eigenvalue weighted by atomic mass is 10.0. The van der Waals surface area contributed by atoms with Crippen LogP contribution in [-0.2, 0) is 16.0 Å². The molecule has 1 heterocycles. The van der Waals surface area contributed by atoms with Crippen molar-refractivity contribution in [2.45, 2.75) is 44.9 Å². The van der Waals surface area contributed by atoms with E-state index in [9.17, 15) is 9.59 Å². The Morgan fingerprint density at radius 3 is 2.62 bits per heavy atom. The van der Waals surface area contributed by atoms with Crippen molar-refractivity contribution >= 4 is 34.1 Å². The first-order chi connectivity index (χ1) is 16.5. The quantitative estimate of drug-likeness (QED) is 0.160. The van der Waals surface area contributed by atoms with Gasteiger partial charge in [-0.2, -0.15) is 0 Å². The molecular formula is C26H28N4O4. The molecule has 0 saturated heterocycles. The van der Waals surface area contributed by atoms with Gasteiger partial charge in [0.25, 0.3) is 0 Å². The first-order valence-corrected chi connectivity index (χ1v) is 11.1. The zero-order valence-electron chi connectivity index (χ0n) is 19.1. The molecule has 0 unspecified atom stereocenters. The minimum absolute atomic E-state index is 0.110. The third-order valence-corrected chi connectivity index (χ3v) is 5.45. The van der Waals surface area contributed by atoms with Crippen LogP contribution in [0.3, 0.4) is 0 Å². The van der Waals surface area contributed by atoms with E-state index in [1.165, 1.54) is 6.33 Å². The smallest absolute Gasteiger partial charge is 0.243 e. The number of anilines is 2. The van der Waals surface area contributed by atoms with Gasteiger partial charge in [-0.05, 0) is 37.1 Å². The molecule has 3 aromatic rings. The van der Waals surface area contributed by atoms with E-state index in [0.717, 1.165) is 41.5 Å². The largest absolute Gasteiger partial charge is 0.496 e. The number of carbonyl (C=O) groups is 2. The van der Waals surface area contributed by atoms with Gasteiger partial charge in [-0.1, -0.05) is 24.8 Å². The first kappa shape index (κ1) is 24.7. The number of hydrogen-bond acceptors (Lipinski definition) is 7. The molecule has 0 aliphatic carbocycles. The highest BCUT2D eigenvalue weighted by Crippen LogP contribution is 2.30. The highest BCUT2D eigenvalue weighted by atomic mass is 16.5. The number of aromatic nitrogens is 2. The number of nitrogens with zero attached hydrogens (tertiary/aromatic N) is 2. The van der Waals surface area contributed by atoms with Crippen molar-refractivity contribution < 1.29 is 19.5 Å². The summed E-state index contributed by atoms with van der Waals surface area (Å²) in [4.78, 5) is 32.4. The molecule has 0 atom stereocenters. The molecule has 3 rings (SSSR count).